The Balaban J connectivity index is 2.12. The SMILES string of the molecule is C[C@H](O)CNC(=O)NC1CCCCC1. The van der Waals surface area contributed by atoms with E-state index in [9.17, 15) is 4.79 Å². The van der Waals surface area contributed by atoms with Crippen molar-refractivity contribution < 1.29 is 9.90 Å². The molecule has 0 aromatic carbocycles. The zero-order valence-electron chi connectivity index (χ0n) is 8.75. The minimum atomic E-state index is -0.480. The molecule has 1 aliphatic carbocycles. The number of amides is 2. The first kappa shape index (κ1) is 11.3. The van der Waals surface area contributed by atoms with Crippen LogP contribution in [0.15, 0.2) is 0 Å². The fraction of sp³-hybridized carbons (Fsp3) is 0.900. The van der Waals surface area contributed by atoms with Gasteiger partial charge in [-0.1, -0.05) is 19.3 Å². The molecule has 0 radical (unpaired) electrons. The van der Waals surface area contributed by atoms with Gasteiger partial charge in [-0.3, -0.25) is 0 Å². The van der Waals surface area contributed by atoms with Crippen LogP contribution in [0.1, 0.15) is 39.0 Å². The summed E-state index contributed by atoms with van der Waals surface area (Å²) in [6.45, 7) is 1.97. The molecule has 0 heterocycles. The number of carbonyl (C=O) groups excluding carboxylic acids is 1. The van der Waals surface area contributed by atoms with Crippen LogP contribution in [-0.2, 0) is 0 Å². The maximum absolute atomic E-state index is 11.3. The average molecular weight is 200 g/mol. The van der Waals surface area contributed by atoms with Crippen LogP contribution in [0.2, 0.25) is 0 Å². The monoisotopic (exact) mass is 200 g/mol. The van der Waals surface area contributed by atoms with E-state index in [1.54, 1.807) is 6.92 Å². The number of nitrogens with one attached hydrogen (secondary N) is 2. The molecule has 14 heavy (non-hydrogen) atoms. The predicted molar refractivity (Wildman–Crippen MR) is 55.1 cm³/mol. The van der Waals surface area contributed by atoms with E-state index in [4.69, 9.17) is 5.11 Å². The summed E-state index contributed by atoms with van der Waals surface area (Å²) < 4.78 is 0. The largest absolute Gasteiger partial charge is 0.392 e. The van der Waals surface area contributed by atoms with Gasteiger partial charge >= 0.3 is 6.03 Å². The summed E-state index contributed by atoms with van der Waals surface area (Å²) in [5, 5.41) is 14.5. The third-order valence-electron chi connectivity index (χ3n) is 2.50. The first-order chi connectivity index (χ1) is 6.68. The van der Waals surface area contributed by atoms with Crippen LogP contribution in [0.25, 0.3) is 0 Å². The van der Waals surface area contributed by atoms with Crippen LogP contribution in [0.4, 0.5) is 4.79 Å². The van der Waals surface area contributed by atoms with Gasteiger partial charge in [-0.2, -0.15) is 0 Å². The Labute approximate surface area is 85.1 Å². The average Bonchev–Trinajstić information content (AvgIpc) is 2.16. The maximum atomic E-state index is 11.3. The van der Waals surface area contributed by atoms with Crippen molar-refractivity contribution in [2.45, 2.75) is 51.2 Å². The van der Waals surface area contributed by atoms with Gasteiger partial charge in [0.1, 0.15) is 0 Å². The molecule has 3 N–H and O–H groups in total. The lowest BCUT2D eigenvalue weighted by atomic mass is 9.96. The molecular formula is C10H20N2O2. The smallest absolute Gasteiger partial charge is 0.315 e. The van der Waals surface area contributed by atoms with Gasteiger partial charge in [-0.15, -0.1) is 0 Å². The second-order valence-electron chi connectivity index (χ2n) is 4.04. The molecule has 1 fully saturated rings. The van der Waals surface area contributed by atoms with Gasteiger partial charge < -0.3 is 15.7 Å². The van der Waals surface area contributed by atoms with Crippen molar-refractivity contribution in [1.82, 2.24) is 10.6 Å². The summed E-state index contributed by atoms with van der Waals surface area (Å²) in [6, 6.07) is 0.176. The van der Waals surface area contributed by atoms with Crippen molar-refractivity contribution in [3.8, 4) is 0 Å². The Morgan fingerprint density at radius 1 is 1.43 bits per heavy atom. The topological polar surface area (TPSA) is 61.4 Å². The number of aliphatic hydroxyl groups is 1. The Kier molecular flexibility index (Phi) is 4.73. The normalized spacial score (nSPS) is 20.1. The molecule has 0 aliphatic heterocycles. The third-order valence-corrected chi connectivity index (χ3v) is 2.50. The highest BCUT2D eigenvalue weighted by atomic mass is 16.3. The molecule has 1 saturated carbocycles. The van der Waals surface area contributed by atoms with Gasteiger partial charge in [0, 0.05) is 12.6 Å². The predicted octanol–water partition coefficient (Wildman–Crippen LogP) is 0.999. The van der Waals surface area contributed by atoms with E-state index in [-0.39, 0.29) is 6.03 Å². The zero-order chi connectivity index (χ0) is 10.4. The molecular weight excluding hydrogens is 180 g/mol. The molecule has 0 saturated heterocycles. The van der Waals surface area contributed by atoms with Crippen molar-refractivity contribution >= 4 is 6.03 Å². The summed E-state index contributed by atoms with van der Waals surface area (Å²) in [7, 11) is 0. The first-order valence-corrected chi connectivity index (χ1v) is 5.41. The van der Waals surface area contributed by atoms with Gasteiger partial charge in [-0.25, -0.2) is 4.79 Å². The molecule has 0 aromatic rings. The Morgan fingerprint density at radius 3 is 2.64 bits per heavy atom. The standard InChI is InChI=1S/C10H20N2O2/c1-8(13)7-11-10(14)12-9-5-3-2-4-6-9/h8-9,13H,2-7H2,1H3,(H2,11,12,14)/t8-/m0/s1. The highest BCUT2D eigenvalue weighted by Gasteiger charge is 2.15. The van der Waals surface area contributed by atoms with E-state index < -0.39 is 6.10 Å². The summed E-state index contributed by atoms with van der Waals surface area (Å²) in [6.07, 6.45) is 5.40. The number of hydrogen-bond acceptors (Lipinski definition) is 2. The molecule has 2 amide bonds. The van der Waals surface area contributed by atoms with Crippen molar-refractivity contribution in [2.24, 2.45) is 0 Å². The van der Waals surface area contributed by atoms with Crippen molar-refractivity contribution in [2.75, 3.05) is 6.54 Å². The lowest BCUT2D eigenvalue weighted by molar-refractivity contribution is 0.186. The van der Waals surface area contributed by atoms with Crippen LogP contribution < -0.4 is 10.6 Å². The molecule has 4 heteroatoms. The lowest BCUT2D eigenvalue weighted by Crippen LogP contribution is -2.44. The highest BCUT2D eigenvalue weighted by molar-refractivity contribution is 5.74. The molecule has 1 atom stereocenters. The van der Waals surface area contributed by atoms with E-state index in [1.165, 1.54) is 19.3 Å². The van der Waals surface area contributed by atoms with E-state index in [1.807, 2.05) is 0 Å². The van der Waals surface area contributed by atoms with Gasteiger partial charge in [0.05, 0.1) is 6.10 Å². The minimum absolute atomic E-state index is 0.155. The molecule has 0 aromatic heterocycles. The Bertz CT molecular complexity index is 177. The molecule has 0 bridgehead atoms. The van der Waals surface area contributed by atoms with E-state index in [2.05, 4.69) is 10.6 Å². The molecule has 82 valence electrons. The summed E-state index contributed by atoms with van der Waals surface area (Å²) in [4.78, 5) is 11.3. The minimum Gasteiger partial charge on any atom is -0.392 e. The van der Waals surface area contributed by atoms with Crippen LogP contribution in [0.5, 0.6) is 0 Å². The Morgan fingerprint density at radius 2 is 2.07 bits per heavy atom. The maximum Gasteiger partial charge on any atom is 0.315 e. The first-order valence-electron chi connectivity index (χ1n) is 5.41. The van der Waals surface area contributed by atoms with Gasteiger partial charge in [0.25, 0.3) is 0 Å². The number of carbonyl (C=O) groups is 1. The van der Waals surface area contributed by atoms with Gasteiger partial charge in [0.15, 0.2) is 0 Å². The van der Waals surface area contributed by atoms with Gasteiger partial charge in [-0.05, 0) is 19.8 Å². The number of aliphatic hydroxyl groups excluding tert-OH is 1. The summed E-state index contributed by atoms with van der Waals surface area (Å²) in [5.41, 5.74) is 0. The summed E-state index contributed by atoms with van der Waals surface area (Å²) >= 11 is 0. The van der Waals surface area contributed by atoms with Crippen molar-refractivity contribution in [3.63, 3.8) is 0 Å². The number of urea groups is 1. The number of rotatable bonds is 3. The fourth-order valence-corrected chi connectivity index (χ4v) is 1.72. The number of hydrogen-bond donors (Lipinski definition) is 3. The second kappa shape index (κ2) is 5.86. The van der Waals surface area contributed by atoms with Crippen molar-refractivity contribution in [1.29, 1.82) is 0 Å². The molecule has 1 aliphatic rings. The molecule has 1 rings (SSSR count). The Hall–Kier alpha value is -0.770. The second-order valence-corrected chi connectivity index (χ2v) is 4.04. The van der Waals surface area contributed by atoms with Crippen LogP contribution in [-0.4, -0.2) is 29.8 Å². The van der Waals surface area contributed by atoms with Crippen LogP contribution >= 0.6 is 0 Å². The van der Waals surface area contributed by atoms with E-state index in [0.29, 0.717) is 12.6 Å². The summed E-state index contributed by atoms with van der Waals surface area (Å²) in [5.74, 6) is 0. The lowest BCUT2D eigenvalue weighted by Gasteiger charge is -2.23. The molecule has 0 unspecified atom stereocenters. The molecule has 4 nitrogen and oxygen atoms in total. The van der Waals surface area contributed by atoms with Gasteiger partial charge in [0.2, 0.25) is 0 Å². The quantitative estimate of drug-likeness (QED) is 0.636. The molecule has 0 spiro atoms. The zero-order valence-corrected chi connectivity index (χ0v) is 8.75. The fourth-order valence-electron chi connectivity index (χ4n) is 1.72. The third kappa shape index (κ3) is 4.46. The van der Waals surface area contributed by atoms with Crippen LogP contribution in [0, 0.1) is 0 Å². The highest BCUT2D eigenvalue weighted by Crippen LogP contribution is 2.16. The van der Waals surface area contributed by atoms with Crippen molar-refractivity contribution in [3.05, 3.63) is 0 Å². The van der Waals surface area contributed by atoms with E-state index >= 15 is 0 Å². The van der Waals surface area contributed by atoms with E-state index in [0.717, 1.165) is 12.8 Å². The van der Waals surface area contributed by atoms with Crippen LogP contribution in [0.3, 0.4) is 0 Å².